The van der Waals surface area contributed by atoms with Crippen LogP contribution in [0, 0.1) is 13.8 Å². The van der Waals surface area contributed by atoms with E-state index in [2.05, 4.69) is 46.6 Å². The fraction of sp³-hybridized carbons (Fsp3) is 0.367. The maximum absolute atomic E-state index is 5.60. The minimum absolute atomic E-state index is 0.454. The molecule has 12 heteroatoms. The molecule has 218 valence electrons. The van der Waals surface area contributed by atoms with Gasteiger partial charge >= 0.3 is 0 Å². The average molecular weight is 603 g/mol. The number of methoxy groups -OCH3 is 1. The van der Waals surface area contributed by atoms with Crippen LogP contribution >= 0.6 is 22.7 Å². The predicted molar refractivity (Wildman–Crippen MR) is 169 cm³/mol. The number of thiazole rings is 1. The van der Waals surface area contributed by atoms with Crippen molar-refractivity contribution < 1.29 is 9.47 Å². The van der Waals surface area contributed by atoms with E-state index in [9.17, 15) is 0 Å². The fourth-order valence-corrected chi connectivity index (χ4v) is 5.81. The van der Waals surface area contributed by atoms with Crippen molar-refractivity contribution in [2.45, 2.75) is 39.7 Å². The third-order valence-electron chi connectivity index (χ3n) is 6.56. The van der Waals surface area contributed by atoms with Gasteiger partial charge in [0.15, 0.2) is 0 Å². The quantitative estimate of drug-likeness (QED) is 0.112. The van der Waals surface area contributed by atoms with Gasteiger partial charge < -0.3 is 14.4 Å². The van der Waals surface area contributed by atoms with E-state index in [1.54, 1.807) is 18.4 Å². The number of ether oxygens (including phenoxy) is 2. The molecule has 2 aromatic carbocycles. The topological polar surface area (TPSA) is 109 Å². The molecule has 4 aromatic rings. The zero-order valence-electron chi connectivity index (χ0n) is 24.1. The lowest BCUT2D eigenvalue weighted by Gasteiger charge is -2.13. The number of hydrogen-bond donors (Lipinski definition) is 0. The van der Waals surface area contributed by atoms with Gasteiger partial charge in [0.2, 0.25) is 5.13 Å². The van der Waals surface area contributed by atoms with Crippen molar-refractivity contribution in [2.75, 3.05) is 38.3 Å². The Balaban J connectivity index is 1.15. The second-order valence-corrected chi connectivity index (χ2v) is 11.7. The Hall–Kier alpha value is -3.71. The normalized spacial score (nSPS) is 13.9. The number of azo groups is 3. The van der Waals surface area contributed by atoms with Gasteiger partial charge in [0.1, 0.15) is 5.00 Å². The van der Waals surface area contributed by atoms with Crippen molar-refractivity contribution in [1.82, 2.24) is 4.98 Å². The lowest BCUT2D eigenvalue weighted by Crippen LogP contribution is -2.15. The first-order chi connectivity index (χ1) is 20.6. The zero-order chi connectivity index (χ0) is 29.1. The minimum Gasteiger partial charge on any atom is -0.385 e. The largest absolute Gasteiger partial charge is 0.385 e. The van der Waals surface area contributed by atoms with Crippen LogP contribution in [0.15, 0.2) is 84.6 Å². The molecule has 0 atom stereocenters. The summed E-state index contributed by atoms with van der Waals surface area (Å²) in [5.41, 5.74) is 5.83. The van der Waals surface area contributed by atoms with E-state index in [1.807, 2.05) is 61.7 Å². The number of aromatic nitrogens is 1. The van der Waals surface area contributed by atoms with Gasteiger partial charge in [0.25, 0.3) is 0 Å². The molecule has 0 unspecified atom stereocenters. The maximum Gasteiger partial charge on any atom is 0.230 e. The first-order valence-corrected chi connectivity index (χ1v) is 15.6. The molecular formula is C30H34N8O2S2. The smallest absolute Gasteiger partial charge is 0.230 e. The van der Waals surface area contributed by atoms with Crippen LogP contribution in [0.1, 0.15) is 36.1 Å². The number of thiophene rings is 1. The molecule has 10 nitrogen and oxygen atoms in total. The average Bonchev–Trinajstić information content (AvgIpc) is 3.78. The molecule has 3 heterocycles. The van der Waals surface area contributed by atoms with Crippen LogP contribution in [0.5, 0.6) is 0 Å². The molecule has 1 fully saturated rings. The molecule has 0 saturated carbocycles. The molecule has 2 aromatic heterocycles. The Morgan fingerprint density at radius 2 is 1.50 bits per heavy atom. The molecular weight excluding hydrogens is 569 g/mol. The van der Waals surface area contributed by atoms with E-state index < -0.39 is 0 Å². The van der Waals surface area contributed by atoms with Gasteiger partial charge in [0.05, 0.1) is 40.1 Å². The van der Waals surface area contributed by atoms with Crippen LogP contribution < -0.4 is 4.90 Å². The number of benzene rings is 2. The standard InChI is InChI=1S/C30H34N8O2S2/c1-21-18-24(33-36-28-11-12-29(42-28)38-13-4-5-14-38)8-9-26(21)34-32-23-7-10-27(22(2)17-23)35-37-30-31-25(20-41-30)19-40-16-6-15-39-3/h7-12,17-18,20H,4-6,13-16,19H2,1-3H3/b34-32+,36-33+,37-35+. The van der Waals surface area contributed by atoms with Crippen LogP contribution in [-0.2, 0) is 16.1 Å². The SMILES string of the molecule is COCCCOCc1csc(/N=N/c2ccc(/N=N/c3ccc(/N=N/c4ccc(N5CCCC5)s4)cc3C)cc2C)n1. The van der Waals surface area contributed by atoms with E-state index in [0.717, 1.165) is 64.1 Å². The number of aryl methyl sites for hydroxylation is 2. The lowest BCUT2D eigenvalue weighted by molar-refractivity contribution is 0.0913. The minimum atomic E-state index is 0.454. The highest BCUT2D eigenvalue weighted by Gasteiger charge is 2.14. The molecule has 0 radical (unpaired) electrons. The summed E-state index contributed by atoms with van der Waals surface area (Å²) in [7, 11) is 1.68. The molecule has 1 aliphatic rings. The second kappa shape index (κ2) is 15.0. The van der Waals surface area contributed by atoms with E-state index in [0.29, 0.717) is 25.0 Å². The molecule has 0 aliphatic carbocycles. The van der Waals surface area contributed by atoms with Crippen molar-refractivity contribution in [3.8, 4) is 0 Å². The molecule has 1 saturated heterocycles. The third kappa shape index (κ3) is 8.41. The predicted octanol–water partition coefficient (Wildman–Crippen LogP) is 10.2. The van der Waals surface area contributed by atoms with E-state index in [4.69, 9.17) is 9.47 Å². The van der Waals surface area contributed by atoms with Crippen molar-refractivity contribution in [3.05, 3.63) is 70.7 Å². The Bertz CT molecular complexity index is 1560. The molecule has 5 rings (SSSR count). The van der Waals surface area contributed by atoms with E-state index in [1.165, 1.54) is 29.2 Å². The van der Waals surface area contributed by atoms with Gasteiger partial charge in [0, 0.05) is 38.8 Å². The lowest BCUT2D eigenvalue weighted by atomic mass is 10.2. The second-order valence-electron chi connectivity index (χ2n) is 9.87. The van der Waals surface area contributed by atoms with E-state index in [-0.39, 0.29) is 0 Å². The molecule has 42 heavy (non-hydrogen) atoms. The first kappa shape index (κ1) is 29.8. The Labute approximate surface area is 253 Å². The molecule has 0 N–H and O–H groups in total. The number of hydrogen-bond acceptors (Lipinski definition) is 12. The number of anilines is 1. The van der Waals surface area contributed by atoms with Crippen molar-refractivity contribution >= 4 is 60.6 Å². The van der Waals surface area contributed by atoms with Crippen LogP contribution in [0.2, 0.25) is 0 Å². The number of rotatable bonds is 13. The first-order valence-electron chi connectivity index (χ1n) is 13.9. The molecule has 0 spiro atoms. The zero-order valence-corrected chi connectivity index (χ0v) is 25.7. The summed E-state index contributed by atoms with van der Waals surface area (Å²) in [5.74, 6) is 0. The molecule has 0 bridgehead atoms. The summed E-state index contributed by atoms with van der Waals surface area (Å²) >= 11 is 3.12. The Morgan fingerprint density at radius 3 is 2.19 bits per heavy atom. The van der Waals surface area contributed by atoms with Crippen LogP contribution in [0.25, 0.3) is 0 Å². The summed E-state index contributed by atoms with van der Waals surface area (Å²) < 4.78 is 10.6. The molecule has 1 aliphatic heterocycles. The summed E-state index contributed by atoms with van der Waals surface area (Å²) in [6.45, 7) is 8.00. The number of nitrogens with zero attached hydrogens (tertiary/aromatic N) is 8. The van der Waals surface area contributed by atoms with Gasteiger partial charge in [-0.1, -0.05) is 11.3 Å². The van der Waals surface area contributed by atoms with Crippen molar-refractivity contribution in [2.24, 2.45) is 30.7 Å². The summed E-state index contributed by atoms with van der Waals surface area (Å²) in [6.07, 6.45) is 3.38. The highest BCUT2D eigenvalue weighted by molar-refractivity contribution is 7.19. The Morgan fingerprint density at radius 1 is 0.810 bits per heavy atom. The maximum atomic E-state index is 5.60. The van der Waals surface area contributed by atoms with Gasteiger partial charge in [-0.05, 0) is 92.8 Å². The summed E-state index contributed by atoms with van der Waals surface area (Å²) in [6, 6.07) is 15.7. The molecule has 0 amide bonds. The van der Waals surface area contributed by atoms with Crippen molar-refractivity contribution in [3.63, 3.8) is 0 Å². The van der Waals surface area contributed by atoms with E-state index >= 15 is 0 Å². The van der Waals surface area contributed by atoms with Crippen LogP contribution in [0.4, 0.5) is 37.9 Å². The van der Waals surface area contributed by atoms with Crippen LogP contribution in [-0.4, -0.2) is 38.4 Å². The highest BCUT2D eigenvalue weighted by Crippen LogP contribution is 2.35. The van der Waals surface area contributed by atoms with Gasteiger partial charge in [-0.15, -0.1) is 31.8 Å². The summed E-state index contributed by atoms with van der Waals surface area (Å²) in [5, 5.41) is 31.1. The Kier molecular flexibility index (Phi) is 10.6. The summed E-state index contributed by atoms with van der Waals surface area (Å²) in [4.78, 5) is 6.88. The fourth-order valence-electron chi connectivity index (χ4n) is 4.31. The van der Waals surface area contributed by atoms with Crippen LogP contribution in [0.3, 0.4) is 0 Å². The van der Waals surface area contributed by atoms with Gasteiger partial charge in [-0.2, -0.15) is 10.2 Å². The van der Waals surface area contributed by atoms with Gasteiger partial charge in [-0.3, -0.25) is 0 Å². The third-order valence-corrected chi connectivity index (χ3v) is 8.37. The van der Waals surface area contributed by atoms with Crippen molar-refractivity contribution in [1.29, 1.82) is 0 Å². The highest BCUT2D eigenvalue weighted by atomic mass is 32.1. The monoisotopic (exact) mass is 602 g/mol. The van der Waals surface area contributed by atoms with Gasteiger partial charge in [-0.25, -0.2) is 4.98 Å².